The molecule has 0 atom stereocenters. The van der Waals surface area contributed by atoms with Gasteiger partial charge in [-0.1, -0.05) is 17.7 Å². The maximum Gasteiger partial charge on any atom is 0.257 e. The summed E-state index contributed by atoms with van der Waals surface area (Å²) in [4.78, 5) is 15.9. The van der Waals surface area contributed by atoms with E-state index in [2.05, 4.69) is 15.4 Å². The van der Waals surface area contributed by atoms with Crippen LogP contribution in [0.3, 0.4) is 0 Å². The number of halogens is 2. The Balaban J connectivity index is 1.70. The van der Waals surface area contributed by atoms with Crippen LogP contribution in [0.2, 0.25) is 5.02 Å². The van der Waals surface area contributed by atoms with Crippen LogP contribution in [0.4, 0.5) is 10.1 Å². The number of aromatic nitrogens is 3. The van der Waals surface area contributed by atoms with Crippen molar-refractivity contribution in [3.63, 3.8) is 0 Å². The average Bonchev–Trinajstić information content (AvgIpc) is 2.98. The summed E-state index contributed by atoms with van der Waals surface area (Å²) in [5.74, 6) is -0.652. The Morgan fingerprint density at radius 2 is 2.17 bits per heavy atom. The molecule has 0 spiro atoms. The quantitative estimate of drug-likeness (QED) is 0.798. The molecule has 3 rings (SSSR count). The summed E-state index contributed by atoms with van der Waals surface area (Å²) in [5.41, 5.74) is 1.75. The molecule has 0 unspecified atom stereocenters. The van der Waals surface area contributed by atoms with Gasteiger partial charge in [-0.15, -0.1) is 0 Å². The van der Waals surface area contributed by atoms with Gasteiger partial charge >= 0.3 is 0 Å². The van der Waals surface area contributed by atoms with Gasteiger partial charge in [0.05, 0.1) is 24.0 Å². The number of nitrogens with zero attached hydrogens (tertiary/aromatic N) is 3. The second-order valence-electron chi connectivity index (χ2n) is 4.86. The Morgan fingerprint density at radius 3 is 2.91 bits per heavy atom. The van der Waals surface area contributed by atoms with Crippen LogP contribution in [0.5, 0.6) is 0 Å². The Kier molecular flexibility index (Phi) is 4.34. The van der Waals surface area contributed by atoms with Gasteiger partial charge in [0.2, 0.25) is 0 Å². The zero-order valence-electron chi connectivity index (χ0n) is 11.9. The van der Waals surface area contributed by atoms with Crippen molar-refractivity contribution in [3.8, 4) is 0 Å². The molecule has 0 bridgehead atoms. The molecule has 0 aliphatic heterocycles. The molecule has 1 aromatic carbocycles. The fourth-order valence-electron chi connectivity index (χ4n) is 2.04. The van der Waals surface area contributed by atoms with Crippen LogP contribution < -0.4 is 5.32 Å². The number of hydrogen-bond acceptors (Lipinski definition) is 3. The lowest BCUT2D eigenvalue weighted by molar-refractivity contribution is 0.102. The van der Waals surface area contributed by atoms with E-state index in [0.29, 0.717) is 22.8 Å². The molecule has 0 saturated carbocycles. The smallest absolute Gasteiger partial charge is 0.257 e. The van der Waals surface area contributed by atoms with E-state index >= 15 is 0 Å². The first-order chi connectivity index (χ1) is 11.1. The third-order valence-corrected chi connectivity index (χ3v) is 3.51. The molecule has 0 aliphatic carbocycles. The van der Waals surface area contributed by atoms with E-state index in [1.165, 1.54) is 24.5 Å². The van der Waals surface area contributed by atoms with E-state index < -0.39 is 0 Å². The van der Waals surface area contributed by atoms with Gasteiger partial charge in [0.25, 0.3) is 5.91 Å². The number of hydrogen-bond donors (Lipinski definition) is 1. The lowest BCUT2D eigenvalue weighted by atomic mass is 10.2. The molecule has 0 saturated heterocycles. The standard InChI is InChI=1S/C16H12ClFN4O/c17-15-6-13(18)4-3-12(15)9-22-10-14(8-20-22)21-16(23)11-2-1-5-19-7-11/h1-8,10H,9H2,(H,21,23). The minimum absolute atomic E-state index is 0.266. The molecule has 1 N–H and O–H groups in total. The van der Waals surface area contributed by atoms with E-state index in [4.69, 9.17) is 11.6 Å². The van der Waals surface area contributed by atoms with Gasteiger partial charge in [-0.3, -0.25) is 14.5 Å². The number of carbonyl (C=O) groups excluding carboxylic acids is 1. The summed E-state index contributed by atoms with van der Waals surface area (Å²) in [5, 5.41) is 7.22. The van der Waals surface area contributed by atoms with Gasteiger partial charge in [0, 0.05) is 23.6 Å². The number of rotatable bonds is 4. The Hall–Kier alpha value is -2.73. The fraction of sp³-hybridized carbons (Fsp3) is 0.0625. The Bertz CT molecular complexity index is 835. The zero-order valence-corrected chi connectivity index (χ0v) is 12.7. The summed E-state index contributed by atoms with van der Waals surface area (Å²) >= 11 is 5.99. The van der Waals surface area contributed by atoms with Crippen molar-refractivity contribution >= 4 is 23.2 Å². The van der Waals surface area contributed by atoms with Gasteiger partial charge in [-0.2, -0.15) is 5.10 Å². The number of anilines is 1. The van der Waals surface area contributed by atoms with Crippen molar-refractivity contribution in [2.45, 2.75) is 6.54 Å². The van der Waals surface area contributed by atoms with E-state index in [9.17, 15) is 9.18 Å². The highest BCUT2D eigenvalue weighted by atomic mass is 35.5. The minimum atomic E-state index is -0.386. The topological polar surface area (TPSA) is 59.8 Å². The van der Waals surface area contributed by atoms with Crippen molar-refractivity contribution in [2.75, 3.05) is 5.32 Å². The second kappa shape index (κ2) is 6.58. The van der Waals surface area contributed by atoms with Crippen LogP contribution in [-0.4, -0.2) is 20.7 Å². The van der Waals surface area contributed by atoms with Crippen LogP contribution in [0.15, 0.2) is 55.1 Å². The lowest BCUT2D eigenvalue weighted by Gasteiger charge is -2.04. The van der Waals surface area contributed by atoms with E-state index in [1.54, 1.807) is 35.3 Å². The molecule has 2 heterocycles. The summed E-state index contributed by atoms with van der Waals surface area (Å²) in [6.07, 6.45) is 6.29. The number of carbonyl (C=O) groups is 1. The van der Waals surface area contributed by atoms with Crippen molar-refractivity contribution < 1.29 is 9.18 Å². The van der Waals surface area contributed by atoms with Crippen molar-refractivity contribution in [3.05, 3.63) is 77.1 Å². The number of nitrogens with one attached hydrogen (secondary N) is 1. The fourth-order valence-corrected chi connectivity index (χ4v) is 2.27. The van der Waals surface area contributed by atoms with Crippen LogP contribution >= 0.6 is 11.6 Å². The summed E-state index contributed by atoms with van der Waals surface area (Å²) in [6, 6.07) is 7.56. The molecule has 0 fully saturated rings. The third kappa shape index (κ3) is 3.73. The molecule has 0 aliphatic rings. The maximum absolute atomic E-state index is 13.0. The predicted octanol–water partition coefficient (Wildman–Crippen LogP) is 3.37. The highest BCUT2D eigenvalue weighted by Crippen LogP contribution is 2.19. The number of amides is 1. The molecular formula is C16H12ClFN4O. The molecule has 3 aromatic rings. The molecule has 7 heteroatoms. The molecule has 0 radical (unpaired) electrons. The van der Waals surface area contributed by atoms with Crippen LogP contribution in [0.1, 0.15) is 15.9 Å². The highest BCUT2D eigenvalue weighted by molar-refractivity contribution is 6.31. The van der Waals surface area contributed by atoms with E-state index in [0.717, 1.165) is 5.56 Å². The molecule has 116 valence electrons. The van der Waals surface area contributed by atoms with Gasteiger partial charge in [0.1, 0.15) is 5.82 Å². The first-order valence-corrected chi connectivity index (χ1v) is 7.17. The molecule has 2 aromatic heterocycles. The summed E-state index contributed by atoms with van der Waals surface area (Å²) in [7, 11) is 0. The molecule has 1 amide bonds. The van der Waals surface area contributed by atoms with Crippen LogP contribution in [0, 0.1) is 5.82 Å². The third-order valence-electron chi connectivity index (χ3n) is 3.16. The minimum Gasteiger partial charge on any atom is -0.319 e. The van der Waals surface area contributed by atoms with Gasteiger partial charge < -0.3 is 5.32 Å². The SMILES string of the molecule is O=C(Nc1cnn(Cc2ccc(F)cc2Cl)c1)c1cccnc1. The summed E-state index contributed by atoms with van der Waals surface area (Å²) < 4.78 is 14.6. The van der Waals surface area contributed by atoms with Gasteiger partial charge in [-0.05, 0) is 29.8 Å². The zero-order chi connectivity index (χ0) is 16.2. The number of pyridine rings is 1. The average molecular weight is 331 g/mol. The normalized spacial score (nSPS) is 10.5. The first-order valence-electron chi connectivity index (χ1n) is 6.79. The second-order valence-corrected chi connectivity index (χ2v) is 5.27. The molecular weight excluding hydrogens is 319 g/mol. The van der Waals surface area contributed by atoms with E-state index in [1.807, 2.05) is 0 Å². The predicted molar refractivity (Wildman–Crippen MR) is 84.9 cm³/mol. The van der Waals surface area contributed by atoms with Crippen molar-refractivity contribution in [1.82, 2.24) is 14.8 Å². The van der Waals surface area contributed by atoms with Crippen molar-refractivity contribution in [1.29, 1.82) is 0 Å². The largest absolute Gasteiger partial charge is 0.319 e. The van der Waals surface area contributed by atoms with Gasteiger partial charge in [0.15, 0.2) is 0 Å². The van der Waals surface area contributed by atoms with Crippen molar-refractivity contribution in [2.24, 2.45) is 0 Å². The highest BCUT2D eigenvalue weighted by Gasteiger charge is 2.08. The molecule has 5 nitrogen and oxygen atoms in total. The van der Waals surface area contributed by atoms with Crippen LogP contribution in [0.25, 0.3) is 0 Å². The Morgan fingerprint density at radius 1 is 1.30 bits per heavy atom. The maximum atomic E-state index is 13.0. The lowest BCUT2D eigenvalue weighted by Crippen LogP contribution is -2.11. The van der Waals surface area contributed by atoms with Crippen LogP contribution in [-0.2, 0) is 6.54 Å². The first kappa shape index (κ1) is 15.2. The monoisotopic (exact) mass is 330 g/mol. The Labute approximate surface area is 136 Å². The molecule has 23 heavy (non-hydrogen) atoms. The van der Waals surface area contributed by atoms with E-state index in [-0.39, 0.29) is 11.7 Å². The van der Waals surface area contributed by atoms with Gasteiger partial charge in [-0.25, -0.2) is 4.39 Å². The number of benzene rings is 1. The summed E-state index contributed by atoms with van der Waals surface area (Å²) in [6.45, 7) is 0.377.